The number of carbonyl (C=O) groups is 1. The summed E-state index contributed by atoms with van der Waals surface area (Å²) < 4.78 is 16.4. The van der Waals surface area contributed by atoms with Crippen LogP contribution in [0.1, 0.15) is 32.6 Å². The van der Waals surface area contributed by atoms with Gasteiger partial charge in [0.05, 0.1) is 19.8 Å². The molecule has 0 bridgehead atoms. The predicted molar refractivity (Wildman–Crippen MR) is 84.8 cm³/mol. The van der Waals surface area contributed by atoms with Gasteiger partial charge in [-0.25, -0.2) is 0 Å². The lowest BCUT2D eigenvalue weighted by molar-refractivity contribution is -0.184. The number of esters is 1. The van der Waals surface area contributed by atoms with E-state index in [1.807, 2.05) is 37.3 Å². The van der Waals surface area contributed by atoms with E-state index in [0.29, 0.717) is 32.7 Å². The first-order chi connectivity index (χ1) is 10.7. The molecule has 1 spiro atoms. The fraction of sp³-hybridized carbons (Fsp3) is 0.588. The number of hydrogen-bond donors (Lipinski definition) is 0. The van der Waals surface area contributed by atoms with Gasteiger partial charge in [0.2, 0.25) is 0 Å². The van der Waals surface area contributed by atoms with Crippen molar-refractivity contribution in [2.45, 2.75) is 48.0 Å². The topological polar surface area (TPSA) is 44.8 Å². The third kappa shape index (κ3) is 3.16. The Morgan fingerprint density at radius 3 is 2.36 bits per heavy atom. The molecular weight excluding hydrogens is 300 g/mol. The number of rotatable bonds is 4. The number of carbonyl (C=O) groups excluding carboxylic acids is 1. The first-order valence-corrected chi connectivity index (χ1v) is 8.69. The van der Waals surface area contributed by atoms with Crippen LogP contribution in [0.3, 0.4) is 0 Å². The number of hydrogen-bond acceptors (Lipinski definition) is 5. The van der Waals surface area contributed by atoms with Gasteiger partial charge < -0.3 is 14.2 Å². The highest BCUT2D eigenvalue weighted by Crippen LogP contribution is 2.49. The summed E-state index contributed by atoms with van der Waals surface area (Å²) in [5.74, 6) is -0.579. The van der Waals surface area contributed by atoms with Gasteiger partial charge in [-0.05, 0) is 31.9 Å². The summed E-state index contributed by atoms with van der Waals surface area (Å²) >= 11 is 1.62. The van der Waals surface area contributed by atoms with Gasteiger partial charge in [0.15, 0.2) is 5.79 Å². The maximum absolute atomic E-state index is 12.6. The third-order valence-electron chi connectivity index (χ3n) is 4.34. The fourth-order valence-electron chi connectivity index (χ4n) is 3.15. The van der Waals surface area contributed by atoms with Gasteiger partial charge in [-0.15, -0.1) is 11.8 Å². The van der Waals surface area contributed by atoms with Crippen LogP contribution >= 0.6 is 11.8 Å². The zero-order chi connectivity index (χ0) is 15.5. The Kier molecular flexibility index (Phi) is 4.76. The molecule has 2 fully saturated rings. The molecule has 3 rings (SSSR count). The molecule has 0 N–H and O–H groups in total. The highest BCUT2D eigenvalue weighted by atomic mass is 32.2. The standard InChI is InChI=1S/C17H22O4S/c1-2-19-15(18)16(22-14-6-4-3-5-7-14)8-10-17(11-9-16)20-12-13-21-17/h3-7H,2,8-13H2,1H3. The average Bonchev–Trinajstić information content (AvgIpc) is 3.00. The molecule has 0 unspecified atom stereocenters. The number of benzene rings is 1. The van der Waals surface area contributed by atoms with Crippen LogP contribution in [0.5, 0.6) is 0 Å². The summed E-state index contributed by atoms with van der Waals surface area (Å²) in [6, 6.07) is 10.1. The summed E-state index contributed by atoms with van der Waals surface area (Å²) in [5.41, 5.74) is 0. The minimum atomic E-state index is -0.530. The molecule has 0 amide bonds. The second kappa shape index (κ2) is 6.60. The average molecular weight is 322 g/mol. The Bertz CT molecular complexity index is 501. The first kappa shape index (κ1) is 15.8. The molecule has 1 heterocycles. The van der Waals surface area contributed by atoms with Crippen molar-refractivity contribution in [3.05, 3.63) is 30.3 Å². The lowest BCUT2D eigenvalue weighted by Gasteiger charge is -2.41. The molecule has 22 heavy (non-hydrogen) atoms. The molecule has 0 radical (unpaired) electrons. The zero-order valence-electron chi connectivity index (χ0n) is 12.9. The molecular formula is C17H22O4S. The monoisotopic (exact) mass is 322 g/mol. The van der Waals surface area contributed by atoms with E-state index in [-0.39, 0.29) is 5.97 Å². The van der Waals surface area contributed by atoms with Crippen LogP contribution in [0.4, 0.5) is 0 Å². The van der Waals surface area contributed by atoms with Crippen LogP contribution in [0.2, 0.25) is 0 Å². The van der Waals surface area contributed by atoms with Crippen molar-refractivity contribution < 1.29 is 19.0 Å². The molecule has 1 aromatic rings. The molecule has 1 aliphatic carbocycles. The van der Waals surface area contributed by atoms with Gasteiger partial charge >= 0.3 is 5.97 Å². The Hall–Kier alpha value is -1.04. The normalized spacial score (nSPS) is 22.6. The van der Waals surface area contributed by atoms with E-state index in [9.17, 15) is 4.79 Å². The van der Waals surface area contributed by atoms with Crippen molar-refractivity contribution in [3.63, 3.8) is 0 Å². The zero-order valence-corrected chi connectivity index (χ0v) is 13.7. The Morgan fingerprint density at radius 1 is 1.14 bits per heavy atom. The molecule has 4 nitrogen and oxygen atoms in total. The molecule has 120 valence electrons. The van der Waals surface area contributed by atoms with Gasteiger partial charge in [-0.1, -0.05) is 18.2 Å². The van der Waals surface area contributed by atoms with E-state index in [4.69, 9.17) is 14.2 Å². The quantitative estimate of drug-likeness (QED) is 0.795. The molecule has 0 atom stereocenters. The third-order valence-corrected chi connectivity index (χ3v) is 5.81. The van der Waals surface area contributed by atoms with Gasteiger partial charge in [0, 0.05) is 17.7 Å². The van der Waals surface area contributed by atoms with Crippen LogP contribution in [0.25, 0.3) is 0 Å². The summed E-state index contributed by atoms with van der Waals surface area (Å²) in [6.07, 6.45) is 2.91. The number of thioether (sulfide) groups is 1. The molecule has 1 aromatic carbocycles. The van der Waals surface area contributed by atoms with Crippen molar-refractivity contribution in [1.82, 2.24) is 0 Å². The van der Waals surface area contributed by atoms with Crippen LogP contribution in [0, 0.1) is 0 Å². The van der Waals surface area contributed by atoms with E-state index in [0.717, 1.165) is 17.7 Å². The van der Waals surface area contributed by atoms with Crippen LogP contribution in [-0.2, 0) is 19.0 Å². The van der Waals surface area contributed by atoms with E-state index in [1.165, 1.54) is 0 Å². The Morgan fingerprint density at radius 2 is 1.77 bits per heavy atom. The van der Waals surface area contributed by atoms with E-state index in [2.05, 4.69) is 0 Å². The molecule has 1 aliphatic heterocycles. The van der Waals surface area contributed by atoms with Crippen LogP contribution in [0.15, 0.2) is 35.2 Å². The van der Waals surface area contributed by atoms with Gasteiger partial charge in [0.1, 0.15) is 4.75 Å². The molecule has 0 aromatic heterocycles. The van der Waals surface area contributed by atoms with Crippen LogP contribution < -0.4 is 0 Å². The van der Waals surface area contributed by atoms with Crippen molar-refractivity contribution in [3.8, 4) is 0 Å². The maximum atomic E-state index is 12.6. The summed E-state index contributed by atoms with van der Waals surface area (Å²) in [7, 11) is 0. The summed E-state index contributed by atoms with van der Waals surface area (Å²) in [5, 5.41) is 0. The summed E-state index contributed by atoms with van der Waals surface area (Å²) in [4.78, 5) is 13.7. The van der Waals surface area contributed by atoms with Gasteiger partial charge in [-0.3, -0.25) is 4.79 Å². The van der Waals surface area contributed by atoms with Gasteiger partial charge in [0.25, 0.3) is 0 Å². The minimum Gasteiger partial charge on any atom is -0.465 e. The highest BCUT2D eigenvalue weighted by Gasteiger charge is 2.51. The largest absolute Gasteiger partial charge is 0.465 e. The smallest absolute Gasteiger partial charge is 0.322 e. The van der Waals surface area contributed by atoms with Gasteiger partial charge in [-0.2, -0.15) is 0 Å². The van der Waals surface area contributed by atoms with Crippen molar-refractivity contribution in [1.29, 1.82) is 0 Å². The maximum Gasteiger partial charge on any atom is 0.322 e. The second-order valence-electron chi connectivity index (χ2n) is 5.74. The fourth-order valence-corrected chi connectivity index (χ4v) is 4.44. The minimum absolute atomic E-state index is 0.114. The van der Waals surface area contributed by atoms with Crippen LogP contribution in [-0.4, -0.2) is 36.3 Å². The highest BCUT2D eigenvalue weighted by molar-refractivity contribution is 8.01. The van der Waals surface area contributed by atoms with Crippen molar-refractivity contribution in [2.75, 3.05) is 19.8 Å². The Balaban J connectivity index is 1.77. The predicted octanol–water partition coefficient (Wildman–Crippen LogP) is 3.40. The van der Waals surface area contributed by atoms with Crippen molar-refractivity contribution >= 4 is 17.7 Å². The lowest BCUT2D eigenvalue weighted by atomic mass is 9.84. The van der Waals surface area contributed by atoms with E-state index in [1.54, 1.807) is 11.8 Å². The number of ether oxygens (including phenoxy) is 3. The van der Waals surface area contributed by atoms with E-state index < -0.39 is 10.5 Å². The van der Waals surface area contributed by atoms with E-state index >= 15 is 0 Å². The SMILES string of the molecule is CCOC(=O)C1(Sc2ccccc2)CCC2(CC1)OCCO2. The molecule has 5 heteroatoms. The molecule has 1 saturated carbocycles. The second-order valence-corrected chi connectivity index (χ2v) is 7.19. The Labute approximate surface area is 135 Å². The first-order valence-electron chi connectivity index (χ1n) is 7.87. The van der Waals surface area contributed by atoms with Crippen molar-refractivity contribution in [2.24, 2.45) is 0 Å². The molecule has 2 aliphatic rings. The lowest BCUT2D eigenvalue weighted by Crippen LogP contribution is -2.47. The summed E-state index contributed by atoms with van der Waals surface area (Å²) in [6.45, 7) is 3.57. The molecule has 1 saturated heterocycles.